The van der Waals surface area contributed by atoms with E-state index in [2.05, 4.69) is 5.32 Å². The second kappa shape index (κ2) is 8.97. The largest absolute Gasteiger partial charge is 0.497 e. The molecule has 2 rings (SSSR count). The third-order valence-electron chi connectivity index (χ3n) is 3.71. The SMILES string of the molecule is COc1cccc(OCCNC(=O)[C@H](C)Oc2ccc(C)cc2C)c1. The number of ether oxygens (including phenoxy) is 3. The van der Waals surface area contributed by atoms with E-state index in [4.69, 9.17) is 14.2 Å². The van der Waals surface area contributed by atoms with E-state index in [1.54, 1.807) is 20.1 Å². The van der Waals surface area contributed by atoms with Crippen molar-refractivity contribution in [2.45, 2.75) is 26.9 Å². The first-order valence-electron chi connectivity index (χ1n) is 8.28. The molecule has 2 aromatic rings. The predicted molar refractivity (Wildman–Crippen MR) is 97.5 cm³/mol. The van der Waals surface area contributed by atoms with Gasteiger partial charge >= 0.3 is 0 Å². The van der Waals surface area contributed by atoms with E-state index in [0.717, 1.165) is 22.6 Å². The van der Waals surface area contributed by atoms with E-state index in [-0.39, 0.29) is 5.91 Å². The minimum absolute atomic E-state index is 0.172. The van der Waals surface area contributed by atoms with Gasteiger partial charge < -0.3 is 19.5 Å². The summed E-state index contributed by atoms with van der Waals surface area (Å²) in [4.78, 5) is 12.1. The molecule has 0 saturated heterocycles. The van der Waals surface area contributed by atoms with Gasteiger partial charge in [-0.05, 0) is 44.5 Å². The zero-order valence-corrected chi connectivity index (χ0v) is 15.2. The molecule has 0 unspecified atom stereocenters. The van der Waals surface area contributed by atoms with Crippen molar-refractivity contribution >= 4 is 5.91 Å². The first kappa shape index (κ1) is 18.6. The molecule has 0 aromatic heterocycles. The molecule has 0 aliphatic rings. The predicted octanol–water partition coefficient (Wildman–Crippen LogP) is 3.27. The molecule has 0 aliphatic carbocycles. The van der Waals surface area contributed by atoms with Crippen molar-refractivity contribution in [3.8, 4) is 17.2 Å². The molecular weight excluding hydrogens is 318 g/mol. The van der Waals surface area contributed by atoms with Gasteiger partial charge in [0, 0.05) is 6.07 Å². The molecule has 0 aliphatic heterocycles. The lowest BCUT2D eigenvalue weighted by Crippen LogP contribution is -2.38. The maximum Gasteiger partial charge on any atom is 0.260 e. The van der Waals surface area contributed by atoms with E-state index < -0.39 is 6.10 Å². The summed E-state index contributed by atoms with van der Waals surface area (Å²) in [6.45, 7) is 6.49. The van der Waals surface area contributed by atoms with Crippen molar-refractivity contribution in [2.24, 2.45) is 0 Å². The van der Waals surface area contributed by atoms with Crippen LogP contribution < -0.4 is 19.5 Å². The highest BCUT2D eigenvalue weighted by Gasteiger charge is 2.15. The molecule has 25 heavy (non-hydrogen) atoms. The minimum Gasteiger partial charge on any atom is -0.497 e. The van der Waals surface area contributed by atoms with Crippen LogP contribution >= 0.6 is 0 Å². The van der Waals surface area contributed by atoms with Gasteiger partial charge in [0.15, 0.2) is 6.10 Å². The quantitative estimate of drug-likeness (QED) is 0.748. The first-order chi connectivity index (χ1) is 12.0. The van der Waals surface area contributed by atoms with Gasteiger partial charge in [-0.25, -0.2) is 0 Å². The minimum atomic E-state index is -0.571. The number of carbonyl (C=O) groups is 1. The van der Waals surface area contributed by atoms with Crippen LogP contribution in [0.4, 0.5) is 0 Å². The molecule has 134 valence electrons. The molecule has 1 atom stereocenters. The standard InChI is InChI=1S/C20H25NO4/c1-14-8-9-19(15(2)12-14)25-16(3)20(22)21-10-11-24-18-7-5-6-17(13-18)23-4/h5-9,12-13,16H,10-11H2,1-4H3,(H,21,22)/t16-/m0/s1. The second-order valence-corrected chi connectivity index (χ2v) is 5.85. The third-order valence-corrected chi connectivity index (χ3v) is 3.71. The maximum atomic E-state index is 12.1. The lowest BCUT2D eigenvalue weighted by atomic mass is 10.1. The van der Waals surface area contributed by atoms with Crippen LogP contribution in [0, 0.1) is 13.8 Å². The van der Waals surface area contributed by atoms with Crippen molar-refractivity contribution < 1.29 is 19.0 Å². The molecule has 0 radical (unpaired) electrons. The average Bonchev–Trinajstić information content (AvgIpc) is 2.61. The molecule has 0 bridgehead atoms. The van der Waals surface area contributed by atoms with Crippen LogP contribution in [0.25, 0.3) is 0 Å². The Morgan fingerprint density at radius 3 is 2.60 bits per heavy atom. The molecule has 1 N–H and O–H groups in total. The van der Waals surface area contributed by atoms with Gasteiger partial charge in [-0.3, -0.25) is 4.79 Å². The third kappa shape index (κ3) is 5.71. The van der Waals surface area contributed by atoms with Crippen LogP contribution in [0.15, 0.2) is 42.5 Å². The summed E-state index contributed by atoms with van der Waals surface area (Å²) in [7, 11) is 1.61. The molecular formula is C20H25NO4. The van der Waals surface area contributed by atoms with E-state index in [1.165, 1.54) is 0 Å². The Hall–Kier alpha value is -2.69. The van der Waals surface area contributed by atoms with Gasteiger partial charge in [0.05, 0.1) is 13.7 Å². The number of nitrogens with one attached hydrogen (secondary N) is 1. The number of methoxy groups -OCH3 is 1. The summed E-state index contributed by atoms with van der Waals surface area (Å²) in [5.74, 6) is 1.99. The topological polar surface area (TPSA) is 56.8 Å². The van der Waals surface area contributed by atoms with E-state index >= 15 is 0 Å². The number of amides is 1. The fourth-order valence-electron chi connectivity index (χ4n) is 2.35. The zero-order valence-electron chi connectivity index (χ0n) is 15.2. The molecule has 2 aromatic carbocycles. The fraction of sp³-hybridized carbons (Fsp3) is 0.350. The summed E-state index contributed by atoms with van der Waals surface area (Å²) >= 11 is 0. The Balaban J connectivity index is 1.75. The van der Waals surface area contributed by atoms with Crippen LogP contribution in [-0.2, 0) is 4.79 Å². The maximum absolute atomic E-state index is 12.1. The van der Waals surface area contributed by atoms with E-state index in [1.807, 2.05) is 50.2 Å². The highest BCUT2D eigenvalue weighted by Crippen LogP contribution is 2.20. The van der Waals surface area contributed by atoms with Gasteiger partial charge in [-0.2, -0.15) is 0 Å². The normalized spacial score (nSPS) is 11.5. The Bertz CT molecular complexity index is 715. The summed E-state index contributed by atoms with van der Waals surface area (Å²) in [6.07, 6.45) is -0.571. The van der Waals surface area contributed by atoms with Crippen LogP contribution in [-0.4, -0.2) is 32.3 Å². The Morgan fingerprint density at radius 2 is 1.88 bits per heavy atom. The number of aryl methyl sites for hydroxylation is 2. The monoisotopic (exact) mass is 343 g/mol. The second-order valence-electron chi connectivity index (χ2n) is 5.85. The van der Waals surface area contributed by atoms with Crippen molar-refractivity contribution in [1.82, 2.24) is 5.32 Å². The highest BCUT2D eigenvalue weighted by atomic mass is 16.5. The molecule has 1 amide bonds. The Morgan fingerprint density at radius 1 is 1.12 bits per heavy atom. The number of rotatable bonds is 8. The van der Waals surface area contributed by atoms with Crippen LogP contribution in [0.1, 0.15) is 18.1 Å². The Labute approximate surface area is 148 Å². The summed E-state index contributed by atoms with van der Waals surface area (Å²) in [6, 6.07) is 13.2. The van der Waals surface area contributed by atoms with E-state index in [0.29, 0.717) is 18.9 Å². The van der Waals surface area contributed by atoms with Gasteiger partial charge in [-0.1, -0.05) is 23.8 Å². The summed E-state index contributed by atoms with van der Waals surface area (Å²) in [5.41, 5.74) is 2.18. The smallest absolute Gasteiger partial charge is 0.260 e. The number of hydrogen-bond acceptors (Lipinski definition) is 4. The molecule has 5 nitrogen and oxygen atoms in total. The van der Waals surface area contributed by atoms with Crippen LogP contribution in [0.2, 0.25) is 0 Å². The number of carbonyl (C=O) groups excluding carboxylic acids is 1. The first-order valence-corrected chi connectivity index (χ1v) is 8.28. The summed E-state index contributed by atoms with van der Waals surface area (Å²) in [5, 5.41) is 2.81. The van der Waals surface area contributed by atoms with Crippen LogP contribution in [0.3, 0.4) is 0 Å². The number of hydrogen-bond donors (Lipinski definition) is 1. The zero-order chi connectivity index (χ0) is 18.2. The van der Waals surface area contributed by atoms with Crippen molar-refractivity contribution in [3.05, 3.63) is 53.6 Å². The summed E-state index contributed by atoms with van der Waals surface area (Å²) < 4.78 is 16.5. The van der Waals surface area contributed by atoms with Gasteiger partial charge in [0.25, 0.3) is 5.91 Å². The molecule has 0 saturated carbocycles. The molecule has 0 heterocycles. The average molecular weight is 343 g/mol. The van der Waals surface area contributed by atoms with Crippen molar-refractivity contribution in [3.63, 3.8) is 0 Å². The van der Waals surface area contributed by atoms with E-state index in [9.17, 15) is 4.79 Å². The lowest BCUT2D eigenvalue weighted by molar-refractivity contribution is -0.127. The van der Waals surface area contributed by atoms with Crippen LogP contribution in [0.5, 0.6) is 17.2 Å². The van der Waals surface area contributed by atoms with Gasteiger partial charge in [-0.15, -0.1) is 0 Å². The van der Waals surface area contributed by atoms with Crippen molar-refractivity contribution in [1.29, 1.82) is 0 Å². The molecule has 5 heteroatoms. The lowest BCUT2D eigenvalue weighted by Gasteiger charge is -2.16. The number of benzene rings is 2. The molecule has 0 spiro atoms. The Kier molecular flexibility index (Phi) is 6.69. The highest BCUT2D eigenvalue weighted by molar-refractivity contribution is 5.80. The fourth-order valence-corrected chi connectivity index (χ4v) is 2.35. The molecule has 0 fully saturated rings. The van der Waals surface area contributed by atoms with Gasteiger partial charge in [0.1, 0.15) is 23.9 Å². The van der Waals surface area contributed by atoms with Crippen molar-refractivity contribution in [2.75, 3.05) is 20.3 Å². The van der Waals surface area contributed by atoms with Gasteiger partial charge in [0.2, 0.25) is 0 Å².